The van der Waals surface area contributed by atoms with Gasteiger partial charge < -0.3 is 4.74 Å². The smallest absolute Gasteiger partial charge is 0.324 e. The van der Waals surface area contributed by atoms with E-state index in [4.69, 9.17) is 4.74 Å². The van der Waals surface area contributed by atoms with Crippen molar-refractivity contribution in [2.75, 3.05) is 6.61 Å². The number of Topliss-reactive ketones (excluding diaryl/α,β-unsaturated/α-hetero) is 1. The molecule has 0 saturated heterocycles. The molecule has 0 aromatic rings. The summed E-state index contributed by atoms with van der Waals surface area (Å²) in [6.07, 6.45) is 0. The van der Waals surface area contributed by atoms with Gasteiger partial charge in [-0.3, -0.25) is 9.59 Å². The average molecular weight is 277 g/mol. The van der Waals surface area contributed by atoms with Gasteiger partial charge in [0, 0.05) is 5.92 Å². The monoisotopic (exact) mass is 277 g/mol. The Labute approximate surface area is 111 Å². The highest BCUT2D eigenvalue weighted by atomic mass is 32.2. The summed E-state index contributed by atoms with van der Waals surface area (Å²) >= 11 is 0. The van der Waals surface area contributed by atoms with Crippen LogP contribution in [-0.2, 0) is 25.3 Å². The maximum Gasteiger partial charge on any atom is 0.324 e. The zero-order chi connectivity index (χ0) is 14.5. The van der Waals surface area contributed by atoms with E-state index < -0.39 is 33.7 Å². The largest absolute Gasteiger partial charge is 0.465 e. The molecule has 0 spiro atoms. The minimum Gasteiger partial charge on any atom is -0.465 e. The maximum absolute atomic E-state index is 12.0. The van der Waals surface area contributed by atoms with Gasteiger partial charge in [0.05, 0.1) is 22.3 Å². The number of rotatable bonds is 6. The molecule has 0 rings (SSSR count). The predicted octanol–water partition coefficient (Wildman–Crippen LogP) is 1.19. The summed E-state index contributed by atoms with van der Waals surface area (Å²) < 4.78 is 19.1. The van der Waals surface area contributed by atoms with E-state index in [9.17, 15) is 13.8 Å². The SMILES string of the molecule is CCOC(=O)[C@H](N[S@@](=O)C(C)(C)C)[C@H](C)C(C)=O. The van der Waals surface area contributed by atoms with Gasteiger partial charge in [0.15, 0.2) is 0 Å². The number of ether oxygens (including phenoxy) is 1. The molecule has 106 valence electrons. The predicted molar refractivity (Wildman–Crippen MR) is 71.3 cm³/mol. The molecule has 6 heteroatoms. The second-order valence-electron chi connectivity index (χ2n) is 5.13. The van der Waals surface area contributed by atoms with Gasteiger partial charge in [-0.05, 0) is 34.6 Å². The van der Waals surface area contributed by atoms with Gasteiger partial charge in [0.2, 0.25) is 0 Å². The molecule has 0 aliphatic carbocycles. The van der Waals surface area contributed by atoms with Crippen molar-refractivity contribution in [3.05, 3.63) is 0 Å². The van der Waals surface area contributed by atoms with Crippen molar-refractivity contribution in [2.24, 2.45) is 5.92 Å². The van der Waals surface area contributed by atoms with Crippen molar-refractivity contribution in [2.45, 2.75) is 52.3 Å². The van der Waals surface area contributed by atoms with Crippen molar-refractivity contribution >= 4 is 22.7 Å². The molecule has 0 unspecified atom stereocenters. The van der Waals surface area contributed by atoms with Crippen LogP contribution in [0.5, 0.6) is 0 Å². The number of carbonyl (C=O) groups excluding carboxylic acids is 2. The molecule has 0 heterocycles. The van der Waals surface area contributed by atoms with Gasteiger partial charge in [-0.2, -0.15) is 0 Å². The first-order chi connectivity index (χ1) is 8.11. The van der Waals surface area contributed by atoms with E-state index in [-0.39, 0.29) is 12.4 Å². The van der Waals surface area contributed by atoms with Crippen LogP contribution in [0.2, 0.25) is 0 Å². The van der Waals surface area contributed by atoms with Crippen LogP contribution in [0.25, 0.3) is 0 Å². The molecular formula is C12H23NO4S. The Morgan fingerprint density at radius 1 is 1.33 bits per heavy atom. The lowest BCUT2D eigenvalue weighted by Gasteiger charge is -2.25. The highest BCUT2D eigenvalue weighted by molar-refractivity contribution is 7.84. The van der Waals surface area contributed by atoms with E-state index in [0.29, 0.717) is 0 Å². The number of hydrogen-bond acceptors (Lipinski definition) is 4. The van der Waals surface area contributed by atoms with Crippen LogP contribution in [0.3, 0.4) is 0 Å². The highest BCUT2D eigenvalue weighted by Crippen LogP contribution is 2.13. The summed E-state index contributed by atoms with van der Waals surface area (Å²) in [5.74, 6) is -1.26. The topological polar surface area (TPSA) is 72.5 Å². The molecular weight excluding hydrogens is 254 g/mol. The van der Waals surface area contributed by atoms with E-state index in [1.165, 1.54) is 6.92 Å². The molecule has 0 aliphatic heterocycles. The van der Waals surface area contributed by atoms with Crippen LogP contribution >= 0.6 is 0 Å². The van der Waals surface area contributed by atoms with Gasteiger partial charge in [-0.25, -0.2) is 8.93 Å². The maximum atomic E-state index is 12.0. The molecule has 0 saturated carbocycles. The third-order valence-corrected chi connectivity index (χ3v) is 4.05. The molecule has 5 nitrogen and oxygen atoms in total. The Hall–Kier alpha value is -0.750. The number of carbonyl (C=O) groups is 2. The van der Waals surface area contributed by atoms with E-state index >= 15 is 0 Å². The molecule has 0 aliphatic rings. The molecule has 18 heavy (non-hydrogen) atoms. The summed E-state index contributed by atoms with van der Waals surface area (Å²) in [6.45, 7) is 10.3. The van der Waals surface area contributed by atoms with E-state index in [1.807, 2.05) is 0 Å². The van der Waals surface area contributed by atoms with Crippen molar-refractivity contribution in [3.63, 3.8) is 0 Å². The molecule has 3 atom stereocenters. The molecule has 1 N–H and O–H groups in total. The lowest BCUT2D eigenvalue weighted by Crippen LogP contribution is -2.49. The summed E-state index contributed by atoms with van der Waals surface area (Å²) in [6, 6.07) is -0.873. The first kappa shape index (κ1) is 17.2. The van der Waals surface area contributed by atoms with E-state index in [1.54, 1.807) is 34.6 Å². The molecule has 0 amide bonds. The van der Waals surface area contributed by atoms with Gasteiger partial charge in [-0.15, -0.1) is 0 Å². The third-order valence-electron chi connectivity index (χ3n) is 2.47. The van der Waals surface area contributed by atoms with Crippen LogP contribution in [0.4, 0.5) is 0 Å². The number of hydrogen-bond donors (Lipinski definition) is 1. The summed E-state index contributed by atoms with van der Waals surface area (Å²) in [5.41, 5.74) is 0. The van der Waals surface area contributed by atoms with E-state index in [2.05, 4.69) is 4.72 Å². The van der Waals surface area contributed by atoms with Crippen LogP contribution in [0.15, 0.2) is 0 Å². The van der Waals surface area contributed by atoms with Crippen LogP contribution in [0.1, 0.15) is 41.5 Å². The fraction of sp³-hybridized carbons (Fsp3) is 0.833. The second kappa shape index (κ2) is 6.99. The normalized spacial score (nSPS) is 16.8. The van der Waals surface area contributed by atoms with Crippen LogP contribution < -0.4 is 4.72 Å². The standard InChI is InChI=1S/C12H23NO4S/c1-7-17-11(15)10(8(2)9(3)14)13-18(16)12(4,5)6/h8,10,13H,7H2,1-6H3/t8-,10-,18+/m1/s1. The third kappa shape index (κ3) is 5.27. The Balaban J connectivity index is 4.94. The zero-order valence-electron chi connectivity index (χ0n) is 11.9. The van der Waals surface area contributed by atoms with Crippen molar-refractivity contribution in [1.29, 1.82) is 0 Å². The molecule has 0 aromatic carbocycles. The molecule has 0 aromatic heterocycles. The van der Waals surface area contributed by atoms with Crippen LogP contribution in [0, 0.1) is 5.92 Å². The number of nitrogens with one attached hydrogen (secondary N) is 1. The minimum atomic E-state index is -1.43. The average Bonchev–Trinajstić information content (AvgIpc) is 2.23. The Morgan fingerprint density at radius 2 is 1.83 bits per heavy atom. The summed E-state index contributed by atoms with van der Waals surface area (Å²) in [7, 11) is -1.43. The lowest BCUT2D eigenvalue weighted by molar-refractivity contribution is -0.148. The lowest BCUT2D eigenvalue weighted by atomic mass is 9.99. The first-order valence-corrected chi connectivity index (χ1v) is 7.11. The molecule has 0 bridgehead atoms. The minimum absolute atomic E-state index is 0.147. The van der Waals surface area contributed by atoms with Crippen LogP contribution in [-0.4, -0.2) is 33.4 Å². The first-order valence-electron chi connectivity index (χ1n) is 5.96. The fourth-order valence-electron chi connectivity index (χ4n) is 1.11. The van der Waals surface area contributed by atoms with E-state index in [0.717, 1.165) is 0 Å². The highest BCUT2D eigenvalue weighted by Gasteiger charge is 2.33. The Kier molecular flexibility index (Phi) is 6.70. The Bertz CT molecular complexity index is 335. The molecule has 0 radical (unpaired) electrons. The number of esters is 1. The second-order valence-corrected chi connectivity index (χ2v) is 7.13. The summed E-state index contributed by atoms with van der Waals surface area (Å²) in [5, 5.41) is 0. The fourth-order valence-corrected chi connectivity index (χ4v) is 2.00. The van der Waals surface area contributed by atoms with Gasteiger partial charge in [-0.1, -0.05) is 6.92 Å². The zero-order valence-corrected chi connectivity index (χ0v) is 12.7. The number of ketones is 1. The van der Waals surface area contributed by atoms with Gasteiger partial charge >= 0.3 is 5.97 Å². The quantitative estimate of drug-likeness (QED) is 0.740. The summed E-state index contributed by atoms with van der Waals surface area (Å²) in [4.78, 5) is 23.2. The Morgan fingerprint density at radius 3 is 2.17 bits per heavy atom. The van der Waals surface area contributed by atoms with Crippen molar-refractivity contribution < 1.29 is 18.5 Å². The van der Waals surface area contributed by atoms with Crippen molar-refractivity contribution in [1.82, 2.24) is 4.72 Å². The molecule has 0 fully saturated rings. The van der Waals surface area contributed by atoms with Gasteiger partial charge in [0.1, 0.15) is 11.8 Å². The van der Waals surface area contributed by atoms with Gasteiger partial charge in [0.25, 0.3) is 0 Å². The van der Waals surface area contributed by atoms with Crippen molar-refractivity contribution in [3.8, 4) is 0 Å².